The van der Waals surface area contributed by atoms with Gasteiger partial charge in [-0.3, -0.25) is 14.9 Å². The Morgan fingerprint density at radius 1 is 1.44 bits per heavy atom. The first-order valence-electron chi connectivity index (χ1n) is 4.07. The maximum atomic E-state index is 11.1. The van der Waals surface area contributed by atoms with Gasteiger partial charge in [0.05, 0.1) is 12.0 Å². The summed E-state index contributed by atoms with van der Waals surface area (Å²) in [4.78, 5) is 31.3. The first-order valence-corrected chi connectivity index (χ1v) is 4.07. The van der Waals surface area contributed by atoms with Crippen molar-refractivity contribution in [1.29, 1.82) is 0 Å². The molecule has 0 aliphatic heterocycles. The van der Waals surface area contributed by atoms with E-state index in [1.165, 1.54) is 13.2 Å². The van der Waals surface area contributed by atoms with Gasteiger partial charge in [0.25, 0.3) is 5.78 Å². The van der Waals surface area contributed by atoms with Crippen LogP contribution < -0.4 is 4.74 Å². The van der Waals surface area contributed by atoms with E-state index in [2.05, 4.69) is 0 Å². The molecule has 1 rings (SSSR count). The summed E-state index contributed by atoms with van der Waals surface area (Å²) in [5, 5.41) is 19.0. The van der Waals surface area contributed by atoms with Gasteiger partial charge >= 0.3 is 11.7 Å². The summed E-state index contributed by atoms with van der Waals surface area (Å²) in [6, 6.07) is 3.20. The molecule has 1 N–H and O–H groups in total. The highest BCUT2D eigenvalue weighted by Crippen LogP contribution is 2.27. The van der Waals surface area contributed by atoms with E-state index in [1.807, 2.05) is 0 Å². The molecule has 0 radical (unpaired) electrons. The number of ketones is 1. The van der Waals surface area contributed by atoms with Crippen molar-refractivity contribution in [1.82, 2.24) is 0 Å². The average molecular weight is 225 g/mol. The minimum Gasteiger partial charge on any atom is -0.490 e. The number of rotatable bonds is 4. The van der Waals surface area contributed by atoms with Gasteiger partial charge in [-0.15, -0.1) is 0 Å². The fourth-order valence-corrected chi connectivity index (χ4v) is 1.10. The molecule has 0 heterocycles. The van der Waals surface area contributed by atoms with Gasteiger partial charge in [-0.1, -0.05) is 0 Å². The van der Waals surface area contributed by atoms with Gasteiger partial charge in [-0.25, -0.2) is 4.79 Å². The Morgan fingerprint density at radius 2 is 2.06 bits per heavy atom. The predicted molar refractivity (Wildman–Crippen MR) is 51.6 cm³/mol. The number of nitrogens with zero attached hydrogens (tertiary/aromatic N) is 1. The molecule has 0 amide bonds. The number of hydrogen-bond donors (Lipinski definition) is 1. The minimum absolute atomic E-state index is 0.0352. The van der Waals surface area contributed by atoms with Gasteiger partial charge in [-0.2, -0.15) is 0 Å². The van der Waals surface area contributed by atoms with Crippen LogP contribution in [0.1, 0.15) is 10.4 Å². The van der Waals surface area contributed by atoms with Crippen LogP contribution >= 0.6 is 0 Å². The summed E-state index contributed by atoms with van der Waals surface area (Å²) < 4.78 is 4.70. The second-order valence-electron chi connectivity index (χ2n) is 2.78. The average Bonchev–Trinajstić information content (AvgIpc) is 2.26. The Labute approximate surface area is 89.4 Å². The van der Waals surface area contributed by atoms with Crippen LogP contribution in [0.15, 0.2) is 18.2 Å². The number of carbonyl (C=O) groups excluding carboxylic acids is 1. The second-order valence-corrected chi connectivity index (χ2v) is 2.78. The number of nitro groups is 1. The van der Waals surface area contributed by atoms with E-state index in [1.54, 1.807) is 0 Å². The Kier molecular flexibility index (Phi) is 3.19. The molecule has 0 saturated carbocycles. The van der Waals surface area contributed by atoms with Crippen molar-refractivity contribution >= 4 is 17.4 Å². The lowest BCUT2D eigenvalue weighted by Crippen LogP contribution is -2.12. The molecular weight excluding hydrogens is 218 g/mol. The third-order valence-electron chi connectivity index (χ3n) is 1.83. The van der Waals surface area contributed by atoms with Gasteiger partial charge in [0.1, 0.15) is 0 Å². The number of nitro benzene ring substituents is 1. The Bertz CT molecular complexity index is 467. The Morgan fingerprint density at radius 3 is 2.50 bits per heavy atom. The van der Waals surface area contributed by atoms with E-state index in [4.69, 9.17) is 9.84 Å². The number of carboxylic acids is 1. The third kappa shape index (κ3) is 2.14. The number of hydrogen-bond acceptors (Lipinski definition) is 5. The molecule has 1 aromatic rings. The molecule has 0 bridgehead atoms. The maximum absolute atomic E-state index is 11.1. The van der Waals surface area contributed by atoms with Crippen LogP contribution in [0, 0.1) is 10.1 Å². The van der Waals surface area contributed by atoms with E-state index in [0.29, 0.717) is 0 Å². The van der Waals surface area contributed by atoms with Crippen LogP contribution in [-0.2, 0) is 4.79 Å². The molecule has 84 valence electrons. The van der Waals surface area contributed by atoms with Crippen molar-refractivity contribution < 1.29 is 24.4 Å². The molecule has 7 nitrogen and oxygen atoms in total. The molecule has 0 atom stereocenters. The molecule has 0 saturated heterocycles. The number of Topliss-reactive ketones (excluding diaryl/α,β-unsaturated/α-hetero) is 1. The third-order valence-corrected chi connectivity index (χ3v) is 1.83. The number of ether oxygens (including phenoxy) is 1. The van der Waals surface area contributed by atoms with Gasteiger partial charge in [-0.05, 0) is 12.1 Å². The molecule has 0 aliphatic rings. The lowest BCUT2D eigenvalue weighted by Gasteiger charge is -2.02. The molecule has 1 aromatic carbocycles. The van der Waals surface area contributed by atoms with Gasteiger partial charge in [0.2, 0.25) is 0 Å². The lowest BCUT2D eigenvalue weighted by atomic mass is 10.1. The fraction of sp³-hybridized carbons (Fsp3) is 0.111. The predicted octanol–water partition coefficient (Wildman–Crippen LogP) is 0.871. The highest BCUT2D eigenvalue weighted by atomic mass is 16.6. The van der Waals surface area contributed by atoms with Crippen LogP contribution in [0.4, 0.5) is 5.69 Å². The number of carboxylic acid groups (broad SMARTS) is 1. The molecule has 0 spiro atoms. The van der Waals surface area contributed by atoms with E-state index in [-0.39, 0.29) is 11.3 Å². The number of carbonyl (C=O) groups is 2. The number of benzene rings is 1. The van der Waals surface area contributed by atoms with Crippen molar-refractivity contribution in [2.24, 2.45) is 0 Å². The van der Waals surface area contributed by atoms with Gasteiger partial charge < -0.3 is 9.84 Å². The molecule has 0 aromatic heterocycles. The van der Waals surface area contributed by atoms with E-state index >= 15 is 0 Å². The summed E-state index contributed by atoms with van der Waals surface area (Å²) in [5.41, 5.74) is -0.713. The number of aliphatic carboxylic acids is 1. The molecule has 0 unspecified atom stereocenters. The molecular formula is C9H7NO6. The molecule has 0 fully saturated rings. The highest BCUT2D eigenvalue weighted by molar-refractivity contribution is 6.39. The van der Waals surface area contributed by atoms with E-state index in [0.717, 1.165) is 12.1 Å². The van der Waals surface area contributed by atoms with Crippen LogP contribution in [-0.4, -0.2) is 28.9 Å². The van der Waals surface area contributed by atoms with Gasteiger partial charge in [0.15, 0.2) is 5.75 Å². The Hall–Kier alpha value is -2.44. The summed E-state index contributed by atoms with van der Waals surface area (Å²) in [6.07, 6.45) is 0. The van der Waals surface area contributed by atoms with Crippen molar-refractivity contribution in [2.45, 2.75) is 0 Å². The van der Waals surface area contributed by atoms with Crippen molar-refractivity contribution in [2.75, 3.05) is 7.11 Å². The largest absolute Gasteiger partial charge is 0.490 e. The Balaban J connectivity index is 3.27. The minimum atomic E-state index is -1.67. The van der Waals surface area contributed by atoms with Crippen molar-refractivity contribution in [3.05, 3.63) is 33.9 Å². The summed E-state index contributed by atoms with van der Waals surface area (Å²) in [7, 11) is 1.24. The van der Waals surface area contributed by atoms with Crippen molar-refractivity contribution in [3.63, 3.8) is 0 Å². The topological polar surface area (TPSA) is 107 Å². The van der Waals surface area contributed by atoms with Crippen LogP contribution in [0.5, 0.6) is 5.75 Å². The normalized spacial score (nSPS) is 9.56. The smallest absolute Gasteiger partial charge is 0.377 e. The summed E-state index contributed by atoms with van der Waals surface area (Å²) in [6.45, 7) is 0. The molecule has 0 aliphatic carbocycles. The first kappa shape index (κ1) is 11.6. The fourth-order valence-electron chi connectivity index (χ4n) is 1.10. The maximum Gasteiger partial charge on any atom is 0.377 e. The highest BCUT2D eigenvalue weighted by Gasteiger charge is 2.21. The zero-order valence-corrected chi connectivity index (χ0v) is 8.17. The monoisotopic (exact) mass is 225 g/mol. The zero-order valence-electron chi connectivity index (χ0n) is 8.17. The second kappa shape index (κ2) is 4.39. The SMILES string of the molecule is COc1ccc(C(=O)C(=O)O)cc1[N+](=O)[O-]. The molecule has 7 heteroatoms. The van der Waals surface area contributed by atoms with Crippen LogP contribution in [0.25, 0.3) is 0 Å². The van der Waals surface area contributed by atoms with E-state index in [9.17, 15) is 19.7 Å². The number of methoxy groups -OCH3 is 1. The van der Waals surface area contributed by atoms with Crippen LogP contribution in [0.2, 0.25) is 0 Å². The zero-order chi connectivity index (χ0) is 12.3. The van der Waals surface area contributed by atoms with E-state index < -0.39 is 22.4 Å². The van der Waals surface area contributed by atoms with Gasteiger partial charge in [0, 0.05) is 11.6 Å². The standard InChI is InChI=1S/C9H7NO6/c1-16-7-3-2-5(8(11)9(12)13)4-6(7)10(14)15/h2-4H,1H3,(H,12,13). The van der Waals surface area contributed by atoms with Crippen molar-refractivity contribution in [3.8, 4) is 5.75 Å². The lowest BCUT2D eigenvalue weighted by molar-refractivity contribution is -0.385. The quantitative estimate of drug-likeness (QED) is 0.352. The summed E-state index contributed by atoms with van der Waals surface area (Å²) >= 11 is 0. The summed E-state index contributed by atoms with van der Waals surface area (Å²) in [5.74, 6) is -2.91. The first-order chi connectivity index (χ1) is 7.47. The molecule has 16 heavy (non-hydrogen) atoms. The van der Waals surface area contributed by atoms with Crippen LogP contribution in [0.3, 0.4) is 0 Å².